The second kappa shape index (κ2) is 4.32. The predicted octanol–water partition coefficient (Wildman–Crippen LogP) is 3.07. The Hall–Kier alpha value is -0.230. The van der Waals surface area contributed by atoms with Crippen molar-refractivity contribution in [3.8, 4) is 0 Å². The van der Waals surface area contributed by atoms with Crippen molar-refractivity contribution in [2.24, 2.45) is 0 Å². The standard InChI is InChI=1S/C9H6BrIO2/c1-5(13)7-3-2-6(4-12)9(11)8(7)10/h2-4H,1H3. The highest BCUT2D eigenvalue weighted by atomic mass is 127. The van der Waals surface area contributed by atoms with Crippen LogP contribution in [0.1, 0.15) is 27.6 Å². The maximum Gasteiger partial charge on any atom is 0.160 e. The van der Waals surface area contributed by atoms with Crippen LogP contribution in [0.25, 0.3) is 0 Å². The lowest BCUT2D eigenvalue weighted by atomic mass is 10.1. The summed E-state index contributed by atoms with van der Waals surface area (Å²) in [4.78, 5) is 21.6. The van der Waals surface area contributed by atoms with Gasteiger partial charge in [-0.2, -0.15) is 0 Å². The molecule has 0 bridgehead atoms. The van der Waals surface area contributed by atoms with Crippen molar-refractivity contribution in [2.45, 2.75) is 6.92 Å². The largest absolute Gasteiger partial charge is 0.298 e. The summed E-state index contributed by atoms with van der Waals surface area (Å²) in [7, 11) is 0. The third-order valence-electron chi connectivity index (χ3n) is 1.62. The van der Waals surface area contributed by atoms with Gasteiger partial charge in [0.05, 0.1) is 0 Å². The average molecular weight is 353 g/mol. The summed E-state index contributed by atoms with van der Waals surface area (Å²) >= 11 is 5.32. The molecule has 0 N–H and O–H groups in total. The van der Waals surface area contributed by atoms with Crippen molar-refractivity contribution in [1.82, 2.24) is 0 Å². The molecule has 0 spiro atoms. The Morgan fingerprint density at radius 3 is 2.62 bits per heavy atom. The normalized spacial score (nSPS) is 9.77. The van der Waals surface area contributed by atoms with Gasteiger partial charge in [0.2, 0.25) is 0 Å². The molecule has 2 nitrogen and oxygen atoms in total. The van der Waals surface area contributed by atoms with Crippen LogP contribution in [0.15, 0.2) is 16.6 Å². The molecule has 13 heavy (non-hydrogen) atoms. The maximum atomic E-state index is 11.1. The number of halogens is 2. The van der Waals surface area contributed by atoms with Crippen molar-refractivity contribution in [3.05, 3.63) is 31.3 Å². The molecular weight excluding hydrogens is 347 g/mol. The molecular formula is C9H6BrIO2. The Morgan fingerprint density at radius 2 is 2.15 bits per heavy atom. The van der Waals surface area contributed by atoms with Gasteiger partial charge >= 0.3 is 0 Å². The molecule has 1 aromatic rings. The minimum atomic E-state index is -0.0118. The van der Waals surface area contributed by atoms with E-state index in [2.05, 4.69) is 15.9 Å². The van der Waals surface area contributed by atoms with E-state index in [0.717, 1.165) is 9.86 Å². The third kappa shape index (κ3) is 2.17. The van der Waals surface area contributed by atoms with E-state index in [1.807, 2.05) is 22.6 Å². The van der Waals surface area contributed by atoms with Crippen molar-refractivity contribution in [2.75, 3.05) is 0 Å². The number of hydrogen-bond acceptors (Lipinski definition) is 2. The van der Waals surface area contributed by atoms with Gasteiger partial charge in [0.25, 0.3) is 0 Å². The first-order valence-corrected chi connectivity index (χ1v) is 5.39. The molecule has 0 atom stereocenters. The Balaban J connectivity index is 3.39. The molecule has 1 aromatic carbocycles. The molecule has 0 amide bonds. The SMILES string of the molecule is CC(=O)c1ccc(C=O)c(I)c1Br. The molecule has 0 heterocycles. The zero-order valence-corrected chi connectivity index (χ0v) is 10.5. The van der Waals surface area contributed by atoms with E-state index >= 15 is 0 Å². The molecule has 0 aliphatic carbocycles. The molecule has 0 fully saturated rings. The number of Topliss-reactive ketones (excluding diaryl/α,β-unsaturated/α-hetero) is 1. The average Bonchev–Trinajstić information content (AvgIpc) is 2.09. The molecule has 0 aliphatic rings. The van der Waals surface area contributed by atoms with Crippen LogP contribution in [0.2, 0.25) is 0 Å². The quantitative estimate of drug-likeness (QED) is 0.465. The fraction of sp³-hybridized carbons (Fsp3) is 0.111. The van der Waals surface area contributed by atoms with E-state index < -0.39 is 0 Å². The van der Waals surface area contributed by atoms with Crippen LogP contribution in [-0.4, -0.2) is 12.1 Å². The minimum Gasteiger partial charge on any atom is -0.298 e. The van der Waals surface area contributed by atoms with Gasteiger partial charge in [0.15, 0.2) is 12.1 Å². The topological polar surface area (TPSA) is 34.1 Å². The lowest BCUT2D eigenvalue weighted by Gasteiger charge is -2.04. The minimum absolute atomic E-state index is 0.0118. The van der Waals surface area contributed by atoms with E-state index in [1.54, 1.807) is 12.1 Å². The molecule has 4 heteroatoms. The summed E-state index contributed by atoms with van der Waals surface area (Å²) < 4.78 is 1.48. The lowest BCUT2D eigenvalue weighted by Crippen LogP contribution is -1.98. The van der Waals surface area contributed by atoms with Gasteiger partial charge in [-0.1, -0.05) is 0 Å². The zero-order valence-electron chi connectivity index (χ0n) is 6.80. The Labute approximate surface area is 98.0 Å². The van der Waals surface area contributed by atoms with E-state index in [4.69, 9.17) is 0 Å². The first-order chi connectivity index (χ1) is 6.07. The number of carbonyl (C=O) groups excluding carboxylic acids is 2. The van der Waals surface area contributed by atoms with Crippen molar-refractivity contribution >= 4 is 50.6 Å². The number of hydrogen-bond donors (Lipinski definition) is 0. The highest BCUT2D eigenvalue weighted by Gasteiger charge is 2.10. The van der Waals surface area contributed by atoms with Gasteiger partial charge in [0.1, 0.15) is 0 Å². The fourth-order valence-electron chi connectivity index (χ4n) is 0.927. The monoisotopic (exact) mass is 352 g/mol. The second-order valence-electron chi connectivity index (χ2n) is 2.50. The van der Waals surface area contributed by atoms with Crippen LogP contribution < -0.4 is 0 Å². The Morgan fingerprint density at radius 1 is 1.54 bits per heavy atom. The number of rotatable bonds is 2. The van der Waals surface area contributed by atoms with Crippen LogP contribution in [-0.2, 0) is 0 Å². The Kier molecular flexibility index (Phi) is 3.61. The maximum absolute atomic E-state index is 11.1. The molecule has 0 aliphatic heterocycles. The van der Waals surface area contributed by atoms with Crippen LogP contribution in [0.5, 0.6) is 0 Å². The number of carbonyl (C=O) groups is 2. The first-order valence-electron chi connectivity index (χ1n) is 3.52. The molecule has 0 radical (unpaired) electrons. The highest BCUT2D eigenvalue weighted by Crippen LogP contribution is 2.26. The summed E-state index contributed by atoms with van der Waals surface area (Å²) in [6.07, 6.45) is 0.774. The number of ketones is 1. The van der Waals surface area contributed by atoms with Crippen LogP contribution in [0, 0.1) is 3.57 Å². The third-order valence-corrected chi connectivity index (χ3v) is 4.35. The van der Waals surface area contributed by atoms with Crippen molar-refractivity contribution in [3.63, 3.8) is 0 Å². The van der Waals surface area contributed by atoms with Crippen molar-refractivity contribution < 1.29 is 9.59 Å². The predicted molar refractivity (Wildman–Crippen MR) is 62.3 cm³/mol. The smallest absolute Gasteiger partial charge is 0.160 e. The van der Waals surface area contributed by atoms with Gasteiger partial charge in [0, 0.05) is 19.2 Å². The molecule has 68 valence electrons. The van der Waals surface area contributed by atoms with E-state index in [-0.39, 0.29) is 5.78 Å². The van der Waals surface area contributed by atoms with E-state index in [1.165, 1.54) is 6.92 Å². The van der Waals surface area contributed by atoms with Gasteiger partial charge < -0.3 is 0 Å². The second-order valence-corrected chi connectivity index (χ2v) is 4.38. The lowest BCUT2D eigenvalue weighted by molar-refractivity contribution is 0.101. The molecule has 0 aromatic heterocycles. The summed E-state index contributed by atoms with van der Waals surface area (Å²) in [5.41, 5.74) is 1.20. The summed E-state index contributed by atoms with van der Waals surface area (Å²) in [5, 5.41) is 0. The van der Waals surface area contributed by atoms with Gasteiger partial charge in [-0.15, -0.1) is 0 Å². The van der Waals surface area contributed by atoms with E-state index in [0.29, 0.717) is 15.6 Å². The van der Waals surface area contributed by atoms with Crippen LogP contribution in [0.3, 0.4) is 0 Å². The molecule has 0 unspecified atom stereocenters. The number of benzene rings is 1. The van der Waals surface area contributed by atoms with Gasteiger partial charge in [-0.25, -0.2) is 0 Å². The summed E-state index contributed by atoms with van der Waals surface area (Å²) in [5.74, 6) is -0.0118. The van der Waals surface area contributed by atoms with Gasteiger partial charge in [-0.3, -0.25) is 9.59 Å². The molecule has 1 rings (SSSR count). The van der Waals surface area contributed by atoms with Crippen molar-refractivity contribution in [1.29, 1.82) is 0 Å². The molecule has 0 saturated carbocycles. The number of aldehydes is 1. The fourth-order valence-corrected chi connectivity index (χ4v) is 2.17. The highest BCUT2D eigenvalue weighted by molar-refractivity contribution is 14.1. The van der Waals surface area contributed by atoms with Gasteiger partial charge in [-0.05, 0) is 57.6 Å². The molecule has 0 saturated heterocycles. The summed E-state index contributed by atoms with van der Waals surface area (Å²) in [6, 6.07) is 3.30. The Bertz CT molecular complexity index is 374. The summed E-state index contributed by atoms with van der Waals surface area (Å²) in [6.45, 7) is 1.50. The van der Waals surface area contributed by atoms with Crippen LogP contribution in [0.4, 0.5) is 0 Å². The van der Waals surface area contributed by atoms with Crippen LogP contribution >= 0.6 is 38.5 Å². The first kappa shape index (κ1) is 10.8. The zero-order chi connectivity index (χ0) is 10.0. The van der Waals surface area contributed by atoms with E-state index in [9.17, 15) is 9.59 Å².